The van der Waals surface area contributed by atoms with E-state index in [1.807, 2.05) is 30.3 Å². The summed E-state index contributed by atoms with van der Waals surface area (Å²) in [4.78, 5) is 0. The SMILES string of the molecule is Cn1nc(-c2ccccc2)cc1CC(F)(F)CN. The number of alkyl halides is 2. The van der Waals surface area contributed by atoms with Crippen molar-refractivity contribution in [3.05, 3.63) is 42.1 Å². The number of hydrogen-bond donors (Lipinski definition) is 1. The summed E-state index contributed by atoms with van der Waals surface area (Å²) in [6.07, 6.45) is -0.389. The van der Waals surface area contributed by atoms with Crippen molar-refractivity contribution >= 4 is 0 Å². The molecule has 2 N–H and O–H groups in total. The second-order valence-corrected chi connectivity index (χ2v) is 4.25. The second kappa shape index (κ2) is 4.86. The first-order chi connectivity index (χ1) is 8.52. The first-order valence-corrected chi connectivity index (χ1v) is 5.68. The van der Waals surface area contributed by atoms with Crippen LogP contribution in [0.4, 0.5) is 8.78 Å². The molecule has 0 saturated carbocycles. The molecular formula is C13H15F2N3. The van der Waals surface area contributed by atoms with Crippen LogP contribution in [0.5, 0.6) is 0 Å². The average molecular weight is 251 g/mol. The summed E-state index contributed by atoms with van der Waals surface area (Å²) in [5, 5.41) is 4.24. The van der Waals surface area contributed by atoms with E-state index in [0.29, 0.717) is 11.4 Å². The molecule has 0 amide bonds. The van der Waals surface area contributed by atoms with Crippen molar-refractivity contribution in [2.45, 2.75) is 12.3 Å². The lowest BCUT2D eigenvalue weighted by Gasteiger charge is -2.12. The summed E-state index contributed by atoms with van der Waals surface area (Å²) in [5.41, 5.74) is 7.13. The highest BCUT2D eigenvalue weighted by Crippen LogP contribution is 2.23. The van der Waals surface area contributed by atoms with Gasteiger partial charge in [-0.25, -0.2) is 8.78 Å². The van der Waals surface area contributed by atoms with Crippen LogP contribution in [-0.2, 0) is 13.5 Å². The van der Waals surface area contributed by atoms with E-state index in [1.165, 1.54) is 4.68 Å². The van der Waals surface area contributed by atoms with Gasteiger partial charge in [-0.1, -0.05) is 30.3 Å². The van der Waals surface area contributed by atoms with Crippen LogP contribution in [0.1, 0.15) is 5.69 Å². The molecule has 96 valence electrons. The van der Waals surface area contributed by atoms with E-state index >= 15 is 0 Å². The van der Waals surface area contributed by atoms with Gasteiger partial charge >= 0.3 is 0 Å². The number of aromatic nitrogens is 2. The molecule has 18 heavy (non-hydrogen) atoms. The van der Waals surface area contributed by atoms with Gasteiger partial charge in [0.25, 0.3) is 5.92 Å². The lowest BCUT2D eigenvalue weighted by atomic mass is 10.1. The number of nitrogens with zero attached hydrogens (tertiary/aromatic N) is 2. The van der Waals surface area contributed by atoms with Crippen molar-refractivity contribution in [2.75, 3.05) is 6.54 Å². The normalized spacial score (nSPS) is 11.8. The number of rotatable bonds is 4. The summed E-state index contributed by atoms with van der Waals surface area (Å²) in [5.74, 6) is -2.89. The highest BCUT2D eigenvalue weighted by atomic mass is 19.3. The van der Waals surface area contributed by atoms with Gasteiger partial charge in [0.15, 0.2) is 0 Å². The average Bonchev–Trinajstić information content (AvgIpc) is 2.72. The molecule has 1 aromatic carbocycles. The molecule has 0 spiro atoms. The Labute approximate surface area is 104 Å². The van der Waals surface area contributed by atoms with Crippen LogP contribution in [0.2, 0.25) is 0 Å². The summed E-state index contributed by atoms with van der Waals surface area (Å²) in [6.45, 7) is -0.654. The smallest absolute Gasteiger partial charge is 0.265 e. The van der Waals surface area contributed by atoms with E-state index in [-0.39, 0.29) is 6.42 Å². The molecular weight excluding hydrogens is 236 g/mol. The predicted octanol–water partition coefficient (Wildman–Crippen LogP) is 2.22. The molecule has 0 saturated heterocycles. The quantitative estimate of drug-likeness (QED) is 0.905. The zero-order valence-electron chi connectivity index (χ0n) is 10.1. The lowest BCUT2D eigenvalue weighted by Crippen LogP contribution is -2.30. The number of nitrogens with two attached hydrogens (primary N) is 1. The van der Waals surface area contributed by atoms with Gasteiger partial charge in [0.05, 0.1) is 18.7 Å². The molecule has 0 aliphatic rings. The minimum absolute atomic E-state index is 0.389. The first-order valence-electron chi connectivity index (χ1n) is 5.68. The molecule has 0 radical (unpaired) electrons. The Hall–Kier alpha value is -1.75. The van der Waals surface area contributed by atoms with Crippen molar-refractivity contribution in [3.8, 4) is 11.3 Å². The Morgan fingerprint density at radius 3 is 2.56 bits per heavy atom. The summed E-state index contributed by atoms with van der Waals surface area (Å²) in [7, 11) is 1.66. The molecule has 0 unspecified atom stereocenters. The van der Waals surface area contributed by atoms with Crippen LogP contribution in [0, 0.1) is 0 Å². The standard InChI is InChI=1S/C13H15F2N3/c1-18-11(8-13(14,15)9-16)7-12(17-18)10-5-3-2-4-6-10/h2-7H,8-9,16H2,1H3. The molecule has 0 atom stereocenters. The van der Waals surface area contributed by atoms with Gasteiger partial charge in [-0.05, 0) is 6.07 Å². The van der Waals surface area contributed by atoms with E-state index in [1.54, 1.807) is 13.1 Å². The Morgan fingerprint density at radius 2 is 1.94 bits per heavy atom. The van der Waals surface area contributed by atoms with Crippen molar-refractivity contribution in [2.24, 2.45) is 12.8 Å². The monoisotopic (exact) mass is 251 g/mol. The number of halogens is 2. The number of hydrogen-bond acceptors (Lipinski definition) is 2. The molecule has 1 heterocycles. The molecule has 0 aliphatic heterocycles. The third-order valence-corrected chi connectivity index (χ3v) is 2.78. The maximum Gasteiger partial charge on any atom is 0.265 e. The molecule has 1 aromatic heterocycles. The van der Waals surface area contributed by atoms with Crippen LogP contribution in [0.25, 0.3) is 11.3 Å². The van der Waals surface area contributed by atoms with Crippen molar-refractivity contribution < 1.29 is 8.78 Å². The maximum atomic E-state index is 13.3. The minimum atomic E-state index is -2.89. The molecule has 5 heteroatoms. The Balaban J connectivity index is 2.28. The first kappa shape index (κ1) is 12.7. The maximum absolute atomic E-state index is 13.3. The Kier molecular flexibility index (Phi) is 3.43. The van der Waals surface area contributed by atoms with E-state index < -0.39 is 12.5 Å². The number of benzene rings is 1. The van der Waals surface area contributed by atoms with E-state index in [4.69, 9.17) is 5.73 Å². The lowest BCUT2D eigenvalue weighted by molar-refractivity contribution is 0.00969. The summed E-state index contributed by atoms with van der Waals surface area (Å²) in [6, 6.07) is 11.1. The van der Waals surface area contributed by atoms with Crippen LogP contribution < -0.4 is 5.73 Å². The van der Waals surface area contributed by atoms with Gasteiger partial charge in [-0.3, -0.25) is 4.68 Å². The van der Waals surface area contributed by atoms with Gasteiger partial charge in [-0.2, -0.15) is 5.10 Å². The number of aryl methyl sites for hydroxylation is 1. The summed E-state index contributed by atoms with van der Waals surface area (Å²) < 4.78 is 28.0. The van der Waals surface area contributed by atoms with Crippen LogP contribution in [0.3, 0.4) is 0 Å². The minimum Gasteiger partial charge on any atom is -0.325 e. The van der Waals surface area contributed by atoms with E-state index in [9.17, 15) is 8.78 Å². The van der Waals surface area contributed by atoms with Crippen molar-refractivity contribution in [1.82, 2.24) is 9.78 Å². The van der Waals surface area contributed by atoms with Gasteiger partial charge in [0.2, 0.25) is 0 Å². The predicted molar refractivity (Wildman–Crippen MR) is 66.3 cm³/mol. The Morgan fingerprint density at radius 1 is 1.28 bits per heavy atom. The van der Waals surface area contributed by atoms with Gasteiger partial charge in [0, 0.05) is 18.3 Å². The van der Waals surface area contributed by atoms with Crippen molar-refractivity contribution in [3.63, 3.8) is 0 Å². The molecule has 2 rings (SSSR count). The third-order valence-electron chi connectivity index (χ3n) is 2.78. The van der Waals surface area contributed by atoms with Gasteiger partial charge in [-0.15, -0.1) is 0 Å². The van der Waals surface area contributed by atoms with Gasteiger partial charge < -0.3 is 5.73 Å². The van der Waals surface area contributed by atoms with E-state index in [2.05, 4.69) is 5.10 Å². The molecule has 0 fully saturated rings. The van der Waals surface area contributed by atoms with Crippen LogP contribution in [0.15, 0.2) is 36.4 Å². The van der Waals surface area contributed by atoms with Crippen LogP contribution in [-0.4, -0.2) is 22.2 Å². The second-order valence-electron chi connectivity index (χ2n) is 4.25. The molecule has 3 nitrogen and oxygen atoms in total. The van der Waals surface area contributed by atoms with Crippen molar-refractivity contribution in [1.29, 1.82) is 0 Å². The largest absolute Gasteiger partial charge is 0.325 e. The zero-order valence-corrected chi connectivity index (χ0v) is 10.1. The Bertz CT molecular complexity index is 520. The summed E-state index contributed by atoms with van der Waals surface area (Å²) >= 11 is 0. The van der Waals surface area contributed by atoms with Crippen LogP contribution >= 0.6 is 0 Å². The fraction of sp³-hybridized carbons (Fsp3) is 0.308. The third kappa shape index (κ3) is 2.73. The fourth-order valence-corrected chi connectivity index (χ4v) is 1.76. The molecule has 0 aliphatic carbocycles. The zero-order chi connectivity index (χ0) is 13.2. The molecule has 2 aromatic rings. The highest BCUT2D eigenvalue weighted by molar-refractivity contribution is 5.59. The highest BCUT2D eigenvalue weighted by Gasteiger charge is 2.28. The topological polar surface area (TPSA) is 43.8 Å². The molecule has 0 bridgehead atoms. The van der Waals surface area contributed by atoms with Gasteiger partial charge in [0.1, 0.15) is 0 Å². The van der Waals surface area contributed by atoms with E-state index in [0.717, 1.165) is 5.56 Å². The fourth-order valence-electron chi connectivity index (χ4n) is 1.76.